The maximum atomic E-state index is 13.4. The minimum absolute atomic E-state index is 0.000399. The standard InChI is InChI=1S/C41H49N3O8/c1-4-6-21-37(44-41(49)52-27-36-34-19-12-10-17-32(34)33-18-11-13-20-35(33)36)40(48)51-26-31(25-50-24-29-15-8-7-9-16-29)43-39(47)30(14-5-2)22-38(46)42-28(3)23-45/h4-5,7-13,15-20,28,30-31,36-37,45H,1-2,6,14,21-27H2,3H3,(H,42,46)(H,43,47)(H,44,49)/t28-,30+,31+,37+/m1/s1. The maximum Gasteiger partial charge on any atom is 0.407 e. The second kappa shape index (κ2) is 20.6. The molecule has 3 aromatic carbocycles. The Morgan fingerprint density at radius 2 is 1.48 bits per heavy atom. The summed E-state index contributed by atoms with van der Waals surface area (Å²) in [5, 5.41) is 17.5. The van der Waals surface area contributed by atoms with Crippen LogP contribution < -0.4 is 16.0 Å². The SMILES string of the molecule is C=CCC[C@H](NC(=O)OCC1c2ccccc2-c2ccccc21)C(=O)OC[C@H](COCc1ccccc1)NC(=O)[C@@H](CC=C)CC(=O)N[C@H](C)CO. The fourth-order valence-corrected chi connectivity index (χ4v) is 6.03. The topological polar surface area (TPSA) is 152 Å². The van der Waals surface area contributed by atoms with Gasteiger partial charge in [-0.1, -0.05) is 91.0 Å². The molecule has 11 nitrogen and oxygen atoms in total. The summed E-state index contributed by atoms with van der Waals surface area (Å²) in [7, 11) is 0. The first kappa shape index (κ1) is 39.5. The van der Waals surface area contributed by atoms with Gasteiger partial charge in [0, 0.05) is 18.4 Å². The smallest absolute Gasteiger partial charge is 0.407 e. The summed E-state index contributed by atoms with van der Waals surface area (Å²) in [5.74, 6) is -2.46. The maximum absolute atomic E-state index is 13.4. The minimum atomic E-state index is -1.04. The number of fused-ring (bicyclic) bond motifs is 3. The Bertz CT molecular complexity index is 1620. The van der Waals surface area contributed by atoms with Crippen LogP contribution in [0, 0.1) is 5.92 Å². The number of nitrogens with one attached hydrogen (secondary N) is 3. The number of rotatable bonds is 21. The lowest BCUT2D eigenvalue weighted by Crippen LogP contribution is -2.48. The van der Waals surface area contributed by atoms with Crippen molar-refractivity contribution in [3.63, 3.8) is 0 Å². The second-order valence-electron chi connectivity index (χ2n) is 12.8. The van der Waals surface area contributed by atoms with Crippen LogP contribution in [0.25, 0.3) is 11.1 Å². The minimum Gasteiger partial charge on any atom is -0.462 e. The van der Waals surface area contributed by atoms with Crippen molar-refractivity contribution in [2.45, 2.75) is 63.3 Å². The Labute approximate surface area is 305 Å². The van der Waals surface area contributed by atoms with Crippen LogP contribution in [-0.4, -0.2) is 73.5 Å². The van der Waals surface area contributed by atoms with Gasteiger partial charge in [0.1, 0.15) is 19.3 Å². The lowest BCUT2D eigenvalue weighted by atomic mass is 9.98. The predicted octanol–water partition coefficient (Wildman–Crippen LogP) is 5.18. The van der Waals surface area contributed by atoms with Crippen LogP contribution in [0.5, 0.6) is 0 Å². The molecular formula is C41H49N3O8. The van der Waals surface area contributed by atoms with E-state index in [4.69, 9.17) is 14.2 Å². The van der Waals surface area contributed by atoms with Crippen LogP contribution in [0.1, 0.15) is 55.2 Å². The number of alkyl carbamates (subject to hydrolysis) is 1. The summed E-state index contributed by atoms with van der Waals surface area (Å²) < 4.78 is 17.2. The number of allylic oxidation sites excluding steroid dienone is 2. The molecule has 52 heavy (non-hydrogen) atoms. The van der Waals surface area contributed by atoms with E-state index in [1.807, 2.05) is 78.9 Å². The molecule has 1 aliphatic carbocycles. The van der Waals surface area contributed by atoms with Crippen LogP contribution in [0.3, 0.4) is 0 Å². The number of benzene rings is 3. The van der Waals surface area contributed by atoms with Crippen molar-refractivity contribution in [3.8, 4) is 11.1 Å². The van der Waals surface area contributed by atoms with Crippen LogP contribution in [0.2, 0.25) is 0 Å². The van der Waals surface area contributed by atoms with Crippen molar-refractivity contribution in [3.05, 3.63) is 121 Å². The fraction of sp³-hybridized carbons (Fsp3) is 0.366. The Hall–Kier alpha value is -5.26. The quantitative estimate of drug-likeness (QED) is 0.0872. The summed E-state index contributed by atoms with van der Waals surface area (Å²) >= 11 is 0. The molecule has 3 amide bonds. The number of hydrogen-bond donors (Lipinski definition) is 4. The Balaban J connectivity index is 1.38. The average Bonchev–Trinajstić information content (AvgIpc) is 3.47. The van der Waals surface area contributed by atoms with Crippen molar-refractivity contribution in [1.82, 2.24) is 16.0 Å². The monoisotopic (exact) mass is 711 g/mol. The van der Waals surface area contributed by atoms with Gasteiger partial charge in [0.15, 0.2) is 0 Å². The third kappa shape index (κ3) is 11.6. The largest absolute Gasteiger partial charge is 0.462 e. The van der Waals surface area contributed by atoms with Gasteiger partial charge in [-0.05, 0) is 54.0 Å². The van der Waals surface area contributed by atoms with E-state index in [1.54, 1.807) is 19.1 Å². The number of carbonyl (C=O) groups is 4. The molecule has 11 heteroatoms. The zero-order valence-corrected chi connectivity index (χ0v) is 29.6. The number of hydrogen-bond acceptors (Lipinski definition) is 8. The van der Waals surface area contributed by atoms with Gasteiger partial charge in [0.2, 0.25) is 11.8 Å². The number of aliphatic hydroxyl groups excluding tert-OH is 1. The second-order valence-corrected chi connectivity index (χ2v) is 12.8. The van der Waals surface area contributed by atoms with Gasteiger partial charge in [0.05, 0.1) is 31.8 Å². The summed E-state index contributed by atoms with van der Waals surface area (Å²) in [6.07, 6.45) is 3.15. The molecule has 276 valence electrons. The molecule has 0 aliphatic heterocycles. The number of amides is 3. The van der Waals surface area contributed by atoms with Crippen molar-refractivity contribution in [2.75, 3.05) is 26.4 Å². The van der Waals surface area contributed by atoms with E-state index >= 15 is 0 Å². The van der Waals surface area contributed by atoms with Crippen molar-refractivity contribution >= 4 is 23.9 Å². The molecule has 0 aromatic heterocycles. The highest BCUT2D eigenvalue weighted by Crippen LogP contribution is 2.44. The van der Waals surface area contributed by atoms with E-state index < -0.39 is 47.9 Å². The molecule has 0 bridgehead atoms. The predicted molar refractivity (Wildman–Crippen MR) is 198 cm³/mol. The molecule has 4 atom stereocenters. The molecule has 4 rings (SSSR count). The Morgan fingerprint density at radius 1 is 0.827 bits per heavy atom. The molecule has 0 saturated carbocycles. The van der Waals surface area contributed by atoms with Crippen LogP contribution in [0.15, 0.2) is 104 Å². The zero-order valence-electron chi connectivity index (χ0n) is 29.6. The first-order chi connectivity index (χ1) is 25.2. The summed E-state index contributed by atoms with van der Waals surface area (Å²) in [4.78, 5) is 52.4. The number of aliphatic hydroxyl groups is 1. The van der Waals surface area contributed by atoms with Gasteiger partial charge >= 0.3 is 12.1 Å². The lowest BCUT2D eigenvalue weighted by Gasteiger charge is -2.24. The van der Waals surface area contributed by atoms with Gasteiger partial charge in [-0.25, -0.2) is 9.59 Å². The highest BCUT2D eigenvalue weighted by Gasteiger charge is 2.31. The summed E-state index contributed by atoms with van der Waals surface area (Å²) in [6.45, 7) is 8.94. The van der Waals surface area contributed by atoms with Crippen molar-refractivity contribution in [2.24, 2.45) is 5.92 Å². The van der Waals surface area contributed by atoms with E-state index in [2.05, 4.69) is 29.1 Å². The molecule has 0 unspecified atom stereocenters. The zero-order chi connectivity index (χ0) is 37.3. The van der Waals surface area contributed by atoms with Gasteiger partial charge in [-0.15, -0.1) is 13.2 Å². The molecule has 0 radical (unpaired) electrons. The highest BCUT2D eigenvalue weighted by molar-refractivity contribution is 5.86. The number of ether oxygens (including phenoxy) is 3. The van der Waals surface area contributed by atoms with Gasteiger partial charge in [0.25, 0.3) is 0 Å². The van der Waals surface area contributed by atoms with Gasteiger partial charge < -0.3 is 35.3 Å². The first-order valence-electron chi connectivity index (χ1n) is 17.6. The molecule has 3 aromatic rings. The molecule has 0 fully saturated rings. The Morgan fingerprint density at radius 3 is 2.12 bits per heavy atom. The first-order valence-corrected chi connectivity index (χ1v) is 17.6. The number of esters is 1. The van der Waals surface area contributed by atoms with E-state index in [0.29, 0.717) is 6.42 Å². The lowest BCUT2D eigenvalue weighted by molar-refractivity contribution is -0.148. The van der Waals surface area contributed by atoms with Crippen LogP contribution in [0.4, 0.5) is 4.79 Å². The third-order valence-electron chi connectivity index (χ3n) is 8.72. The van der Waals surface area contributed by atoms with E-state index in [1.165, 1.54) is 0 Å². The van der Waals surface area contributed by atoms with Gasteiger partial charge in [-0.3, -0.25) is 9.59 Å². The van der Waals surface area contributed by atoms with E-state index in [0.717, 1.165) is 27.8 Å². The Kier molecular flexibility index (Phi) is 15.6. The van der Waals surface area contributed by atoms with E-state index in [-0.39, 0.29) is 58.2 Å². The normalized spacial score (nSPS) is 14.0. The number of carbonyl (C=O) groups excluding carboxylic acids is 4. The summed E-state index contributed by atoms with van der Waals surface area (Å²) in [5.41, 5.74) is 5.25. The van der Waals surface area contributed by atoms with Crippen LogP contribution >= 0.6 is 0 Å². The van der Waals surface area contributed by atoms with E-state index in [9.17, 15) is 24.3 Å². The average molecular weight is 712 g/mol. The van der Waals surface area contributed by atoms with Crippen molar-refractivity contribution in [1.29, 1.82) is 0 Å². The molecule has 0 spiro atoms. The highest BCUT2D eigenvalue weighted by atomic mass is 16.6. The molecule has 0 saturated heterocycles. The van der Waals surface area contributed by atoms with Crippen LogP contribution in [-0.2, 0) is 35.2 Å². The molecule has 0 heterocycles. The molecule has 1 aliphatic rings. The summed E-state index contributed by atoms with van der Waals surface area (Å²) in [6, 6.07) is 23.2. The molecule has 4 N–H and O–H groups in total. The fourth-order valence-electron chi connectivity index (χ4n) is 6.03. The molecular weight excluding hydrogens is 662 g/mol. The third-order valence-corrected chi connectivity index (χ3v) is 8.72. The van der Waals surface area contributed by atoms with Gasteiger partial charge in [-0.2, -0.15) is 0 Å². The van der Waals surface area contributed by atoms with Crippen molar-refractivity contribution < 1.29 is 38.5 Å².